The highest BCUT2D eigenvalue weighted by molar-refractivity contribution is 5.94. The van der Waals surface area contributed by atoms with Gasteiger partial charge in [0.05, 0.1) is 19.1 Å². The van der Waals surface area contributed by atoms with E-state index in [1.807, 2.05) is 0 Å². The van der Waals surface area contributed by atoms with Crippen molar-refractivity contribution >= 4 is 23.6 Å². The van der Waals surface area contributed by atoms with Crippen molar-refractivity contribution in [2.45, 2.75) is 19.8 Å². The number of carbonyl (C=O) groups is 3. The number of nitrogens with zero attached hydrogens (tertiary/aromatic N) is 1. The topological polar surface area (TPSA) is 87.7 Å². The van der Waals surface area contributed by atoms with E-state index < -0.39 is 23.6 Å². The highest BCUT2D eigenvalue weighted by Crippen LogP contribution is 2.18. The highest BCUT2D eigenvalue weighted by Gasteiger charge is 2.29. The monoisotopic (exact) mass is 369 g/mol. The van der Waals surface area contributed by atoms with Crippen molar-refractivity contribution in [3.63, 3.8) is 0 Å². The first kappa shape index (κ1) is 19.6. The Morgan fingerprint density at radius 2 is 2.04 bits per heavy atom. The Morgan fingerprint density at radius 3 is 2.73 bits per heavy atom. The number of nitrogens with one attached hydrogen (secondary N) is 2. The average Bonchev–Trinajstić information content (AvgIpc) is 2.63. The first-order chi connectivity index (χ1) is 12.4. The van der Waals surface area contributed by atoms with E-state index in [0.29, 0.717) is 19.4 Å². The van der Waals surface area contributed by atoms with Gasteiger partial charge in [-0.15, -0.1) is 0 Å². The Kier molecular flexibility index (Phi) is 6.88. The van der Waals surface area contributed by atoms with Crippen LogP contribution in [0.2, 0.25) is 0 Å². The van der Waals surface area contributed by atoms with Crippen molar-refractivity contribution in [1.29, 1.82) is 0 Å². The molecule has 142 valence electrons. The summed E-state index contributed by atoms with van der Waals surface area (Å²) in [7, 11) is 0. The lowest BCUT2D eigenvalue weighted by molar-refractivity contribution is -0.149. The molecule has 0 radical (unpaired) electrons. The molecule has 1 fully saturated rings. The van der Waals surface area contributed by atoms with Gasteiger partial charge in [0.15, 0.2) is 11.6 Å². The molecule has 0 bridgehead atoms. The maximum atomic E-state index is 13.1. The lowest BCUT2D eigenvalue weighted by Gasteiger charge is -2.31. The smallest absolute Gasteiger partial charge is 0.317 e. The summed E-state index contributed by atoms with van der Waals surface area (Å²) in [4.78, 5) is 37.2. The van der Waals surface area contributed by atoms with E-state index >= 15 is 0 Å². The van der Waals surface area contributed by atoms with Gasteiger partial charge in [0.2, 0.25) is 5.91 Å². The van der Waals surface area contributed by atoms with Gasteiger partial charge in [-0.2, -0.15) is 0 Å². The van der Waals surface area contributed by atoms with Crippen molar-refractivity contribution < 1.29 is 27.9 Å². The number of piperidine rings is 1. The van der Waals surface area contributed by atoms with Gasteiger partial charge < -0.3 is 20.3 Å². The fourth-order valence-electron chi connectivity index (χ4n) is 2.66. The molecule has 2 rings (SSSR count). The van der Waals surface area contributed by atoms with Gasteiger partial charge in [-0.25, -0.2) is 13.6 Å². The van der Waals surface area contributed by atoms with Gasteiger partial charge >= 0.3 is 12.0 Å². The third kappa shape index (κ3) is 5.40. The van der Waals surface area contributed by atoms with Crippen LogP contribution in [0.4, 0.5) is 19.3 Å². The van der Waals surface area contributed by atoms with E-state index in [4.69, 9.17) is 4.74 Å². The van der Waals surface area contributed by atoms with Crippen molar-refractivity contribution in [2.75, 3.05) is 31.6 Å². The molecule has 1 atom stereocenters. The summed E-state index contributed by atoms with van der Waals surface area (Å²) in [5, 5.41) is 4.80. The molecule has 1 aliphatic rings. The lowest BCUT2D eigenvalue weighted by Crippen LogP contribution is -2.48. The predicted molar refractivity (Wildman–Crippen MR) is 89.3 cm³/mol. The van der Waals surface area contributed by atoms with Crippen LogP contribution in [0, 0.1) is 17.6 Å². The maximum absolute atomic E-state index is 13.1. The van der Waals surface area contributed by atoms with E-state index in [9.17, 15) is 23.2 Å². The number of anilines is 1. The van der Waals surface area contributed by atoms with Gasteiger partial charge in [-0.3, -0.25) is 9.59 Å². The predicted octanol–water partition coefficient (Wildman–Crippen LogP) is 1.89. The summed E-state index contributed by atoms with van der Waals surface area (Å²) in [5.41, 5.74) is 0.0866. The molecule has 1 aliphatic heterocycles. The largest absolute Gasteiger partial charge is 0.466 e. The molecule has 1 heterocycles. The minimum absolute atomic E-state index is 0.0866. The zero-order chi connectivity index (χ0) is 19.1. The number of amides is 3. The number of benzene rings is 1. The van der Waals surface area contributed by atoms with Gasteiger partial charge in [0.1, 0.15) is 0 Å². The summed E-state index contributed by atoms with van der Waals surface area (Å²) in [5.74, 6) is -3.38. The molecular weight excluding hydrogens is 348 g/mol. The number of rotatable bonds is 5. The Hall–Kier alpha value is -2.71. The summed E-state index contributed by atoms with van der Waals surface area (Å²) < 4.78 is 30.9. The molecular formula is C17H21F2N3O4. The van der Waals surface area contributed by atoms with Crippen LogP contribution in [-0.4, -0.2) is 49.0 Å². The SMILES string of the molecule is CCOC(=O)[C@@H]1CCCN(C(=O)NCC(=O)Nc2ccc(F)c(F)c2)C1. The normalized spacial score (nSPS) is 16.7. The molecule has 0 aliphatic carbocycles. The molecule has 26 heavy (non-hydrogen) atoms. The van der Waals surface area contributed by atoms with Crippen LogP contribution in [-0.2, 0) is 14.3 Å². The number of likely N-dealkylation sites (tertiary alicyclic amines) is 1. The average molecular weight is 369 g/mol. The van der Waals surface area contributed by atoms with Crippen molar-refractivity contribution in [1.82, 2.24) is 10.2 Å². The van der Waals surface area contributed by atoms with E-state index in [1.54, 1.807) is 6.92 Å². The molecule has 3 amide bonds. The van der Waals surface area contributed by atoms with Crippen LogP contribution in [0.3, 0.4) is 0 Å². The van der Waals surface area contributed by atoms with Crippen LogP contribution in [0.1, 0.15) is 19.8 Å². The molecule has 0 spiro atoms. The third-order valence-corrected chi connectivity index (χ3v) is 3.93. The number of urea groups is 1. The minimum atomic E-state index is -1.08. The summed E-state index contributed by atoms with van der Waals surface area (Å²) in [6, 6.07) is 2.49. The molecule has 1 aromatic rings. The number of esters is 1. The molecule has 0 aromatic heterocycles. The van der Waals surface area contributed by atoms with Crippen molar-refractivity contribution in [3.8, 4) is 0 Å². The first-order valence-corrected chi connectivity index (χ1v) is 8.35. The summed E-state index contributed by atoms with van der Waals surface area (Å²) in [6.45, 7) is 2.38. The molecule has 2 N–H and O–H groups in total. The fraction of sp³-hybridized carbons (Fsp3) is 0.471. The zero-order valence-electron chi connectivity index (χ0n) is 14.4. The molecule has 7 nitrogen and oxygen atoms in total. The minimum Gasteiger partial charge on any atom is -0.466 e. The molecule has 0 unspecified atom stereocenters. The summed E-state index contributed by atoms with van der Waals surface area (Å²) >= 11 is 0. The zero-order valence-corrected chi connectivity index (χ0v) is 14.4. The first-order valence-electron chi connectivity index (χ1n) is 8.35. The number of halogens is 2. The summed E-state index contributed by atoms with van der Waals surface area (Å²) in [6.07, 6.45) is 1.32. The van der Waals surface area contributed by atoms with E-state index in [1.165, 1.54) is 11.0 Å². The Balaban J connectivity index is 1.80. The standard InChI is InChI=1S/C17H21F2N3O4/c1-2-26-16(24)11-4-3-7-22(10-11)17(25)20-9-15(23)21-12-5-6-13(18)14(19)8-12/h5-6,8,11H,2-4,7,9-10H2,1H3,(H,20,25)(H,21,23)/t11-/m1/s1. The number of hydrogen-bond acceptors (Lipinski definition) is 4. The van der Waals surface area contributed by atoms with Gasteiger partial charge in [-0.1, -0.05) is 0 Å². The van der Waals surface area contributed by atoms with Crippen LogP contribution >= 0.6 is 0 Å². The third-order valence-electron chi connectivity index (χ3n) is 3.93. The Morgan fingerprint density at radius 1 is 1.27 bits per heavy atom. The van der Waals surface area contributed by atoms with Gasteiger partial charge in [0.25, 0.3) is 0 Å². The maximum Gasteiger partial charge on any atom is 0.317 e. The van der Waals surface area contributed by atoms with Crippen molar-refractivity contribution in [3.05, 3.63) is 29.8 Å². The molecule has 9 heteroatoms. The Bertz CT molecular complexity index is 684. The van der Waals surface area contributed by atoms with E-state index in [0.717, 1.165) is 12.1 Å². The van der Waals surface area contributed by atoms with E-state index in [-0.39, 0.29) is 37.3 Å². The second kappa shape index (κ2) is 9.12. The Labute approximate surface area is 149 Å². The second-order valence-corrected chi connectivity index (χ2v) is 5.87. The van der Waals surface area contributed by atoms with Gasteiger partial charge in [-0.05, 0) is 31.9 Å². The van der Waals surface area contributed by atoms with Crippen LogP contribution in [0.25, 0.3) is 0 Å². The number of hydrogen-bond donors (Lipinski definition) is 2. The van der Waals surface area contributed by atoms with Crippen LogP contribution in [0.5, 0.6) is 0 Å². The van der Waals surface area contributed by atoms with Crippen LogP contribution < -0.4 is 10.6 Å². The second-order valence-electron chi connectivity index (χ2n) is 5.87. The quantitative estimate of drug-likeness (QED) is 0.776. The van der Waals surface area contributed by atoms with Gasteiger partial charge in [0, 0.05) is 24.8 Å². The van der Waals surface area contributed by atoms with E-state index in [2.05, 4.69) is 10.6 Å². The molecule has 1 aromatic carbocycles. The highest BCUT2D eigenvalue weighted by atomic mass is 19.2. The molecule has 1 saturated heterocycles. The van der Waals surface area contributed by atoms with Crippen molar-refractivity contribution in [2.24, 2.45) is 5.92 Å². The number of ether oxygens (including phenoxy) is 1. The number of carbonyl (C=O) groups excluding carboxylic acids is 3. The van der Waals surface area contributed by atoms with Crippen LogP contribution in [0.15, 0.2) is 18.2 Å². The molecule has 0 saturated carbocycles. The fourth-order valence-corrected chi connectivity index (χ4v) is 2.66. The lowest BCUT2D eigenvalue weighted by atomic mass is 9.98.